The van der Waals surface area contributed by atoms with Gasteiger partial charge in [-0.25, -0.2) is 14.1 Å². The number of nitrogens with zero attached hydrogens (tertiary/aromatic N) is 3. The van der Waals surface area contributed by atoms with E-state index in [9.17, 15) is 4.39 Å². The van der Waals surface area contributed by atoms with Crippen LogP contribution in [0.2, 0.25) is 0 Å². The van der Waals surface area contributed by atoms with Crippen LogP contribution in [0.3, 0.4) is 0 Å². The van der Waals surface area contributed by atoms with Gasteiger partial charge in [-0.1, -0.05) is 12.1 Å². The molecule has 0 fully saturated rings. The highest BCUT2D eigenvalue weighted by atomic mass is 19.1. The molecular formula is C11H10FN3O. The smallest absolute Gasteiger partial charge is 0.138 e. The summed E-state index contributed by atoms with van der Waals surface area (Å²) in [6, 6.07) is 7.08. The summed E-state index contributed by atoms with van der Waals surface area (Å²) >= 11 is 0. The molecule has 0 aliphatic rings. The van der Waals surface area contributed by atoms with Crippen LogP contribution in [0.1, 0.15) is 5.56 Å². The molecule has 5 heteroatoms. The number of benzene rings is 1. The SMILES string of the molecule is OC/C(F)=C\c1ccc(-n2cncn2)cc1. The van der Waals surface area contributed by atoms with Crippen LogP contribution in [0, 0.1) is 0 Å². The van der Waals surface area contributed by atoms with Gasteiger partial charge in [0.1, 0.15) is 18.5 Å². The first kappa shape index (κ1) is 10.5. The van der Waals surface area contributed by atoms with Crippen LogP contribution in [-0.4, -0.2) is 26.5 Å². The van der Waals surface area contributed by atoms with E-state index in [1.54, 1.807) is 35.3 Å². The molecule has 1 aromatic heterocycles. The molecule has 82 valence electrons. The van der Waals surface area contributed by atoms with Gasteiger partial charge in [-0.15, -0.1) is 0 Å². The summed E-state index contributed by atoms with van der Waals surface area (Å²) in [6.45, 7) is -0.579. The zero-order valence-electron chi connectivity index (χ0n) is 8.42. The Kier molecular flexibility index (Phi) is 3.07. The van der Waals surface area contributed by atoms with E-state index in [0.29, 0.717) is 5.56 Å². The molecular weight excluding hydrogens is 209 g/mol. The second-order valence-electron chi connectivity index (χ2n) is 3.18. The molecule has 0 saturated heterocycles. The molecule has 1 heterocycles. The Labute approximate surface area is 91.7 Å². The monoisotopic (exact) mass is 219 g/mol. The minimum absolute atomic E-state index is 0.562. The lowest BCUT2D eigenvalue weighted by Crippen LogP contribution is -1.93. The number of aromatic nitrogens is 3. The Morgan fingerprint density at radius 2 is 2.12 bits per heavy atom. The molecule has 0 saturated carbocycles. The van der Waals surface area contributed by atoms with E-state index in [1.807, 2.05) is 0 Å². The van der Waals surface area contributed by atoms with Crippen molar-refractivity contribution < 1.29 is 9.50 Å². The molecule has 0 radical (unpaired) electrons. The Hall–Kier alpha value is -2.01. The molecule has 2 aromatic rings. The van der Waals surface area contributed by atoms with Gasteiger partial charge in [-0.2, -0.15) is 5.10 Å². The summed E-state index contributed by atoms with van der Waals surface area (Å²) in [5.41, 5.74) is 1.54. The summed E-state index contributed by atoms with van der Waals surface area (Å²) in [5.74, 6) is -0.562. The van der Waals surface area contributed by atoms with Gasteiger partial charge in [0.05, 0.1) is 12.3 Å². The maximum atomic E-state index is 12.8. The number of hydrogen-bond acceptors (Lipinski definition) is 3. The maximum absolute atomic E-state index is 12.8. The summed E-state index contributed by atoms with van der Waals surface area (Å²) in [6.07, 6.45) is 4.31. The van der Waals surface area contributed by atoms with E-state index in [2.05, 4.69) is 10.1 Å². The Morgan fingerprint density at radius 1 is 1.38 bits per heavy atom. The molecule has 0 amide bonds. The zero-order valence-corrected chi connectivity index (χ0v) is 8.42. The van der Waals surface area contributed by atoms with Crippen molar-refractivity contribution in [2.24, 2.45) is 0 Å². The van der Waals surface area contributed by atoms with Crippen molar-refractivity contribution in [2.45, 2.75) is 0 Å². The quantitative estimate of drug-likeness (QED) is 0.852. The highest BCUT2D eigenvalue weighted by molar-refractivity contribution is 5.53. The van der Waals surface area contributed by atoms with Crippen LogP contribution >= 0.6 is 0 Å². The third-order valence-electron chi connectivity index (χ3n) is 2.05. The van der Waals surface area contributed by atoms with E-state index in [-0.39, 0.29) is 0 Å². The molecule has 1 N–H and O–H groups in total. The number of rotatable bonds is 3. The van der Waals surface area contributed by atoms with E-state index >= 15 is 0 Å². The van der Waals surface area contributed by atoms with Crippen molar-refractivity contribution in [2.75, 3.05) is 6.61 Å². The normalized spacial score (nSPS) is 11.8. The lowest BCUT2D eigenvalue weighted by Gasteiger charge is -2.00. The third kappa shape index (κ3) is 2.32. The molecule has 0 spiro atoms. The second-order valence-corrected chi connectivity index (χ2v) is 3.18. The van der Waals surface area contributed by atoms with Gasteiger partial charge >= 0.3 is 0 Å². The second kappa shape index (κ2) is 4.67. The van der Waals surface area contributed by atoms with Crippen molar-refractivity contribution in [3.63, 3.8) is 0 Å². The van der Waals surface area contributed by atoms with Crippen LogP contribution in [-0.2, 0) is 0 Å². The van der Waals surface area contributed by atoms with Gasteiger partial charge in [0.15, 0.2) is 0 Å². The topological polar surface area (TPSA) is 50.9 Å². The predicted octanol–water partition coefficient (Wildman–Crippen LogP) is 1.57. The van der Waals surface area contributed by atoms with Gasteiger partial charge in [0.25, 0.3) is 0 Å². The summed E-state index contributed by atoms with van der Waals surface area (Å²) in [4.78, 5) is 3.83. The van der Waals surface area contributed by atoms with Gasteiger partial charge < -0.3 is 5.11 Å². The molecule has 4 nitrogen and oxygen atoms in total. The molecule has 0 bridgehead atoms. The van der Waals surface area contributed by atoms with Crippen LogP contribution in [0.25, 0.3) is 11.8 Å². The Balaban J connectivity index is 2.23. The molecule has 0 aliphatic heterocycles. The van der Waals surface area contributed by atoms with Gasteiger partial charge in [0, 0.05) is 0 Å². The lowest BCUT2D eigenvalue weighted by atomic mass is 10.2. The maximum Gasteiger partial charge on any atom is 0.138 e. The van der Waals surface area contributed by atoms with E-state index in [1.165, 1.54) is 12.4 Å². The lowest BCUT2D eigenvalue weighted by molar-refractivity contribution is 0.300. The number of halogens is 1. The Morgan fingerprint density at radius 3 is 2.69 bits per heavy atom. The third-order valence-corrected chi connectivity index (χ3v) is 2.05. The van der Waals surface area contributed by atoms with Crippen molar-refractivity contribution in [1.82, 2.24) is 14.8 Å². The first-order valence-electron chi connectivity index (χ1n) is 4.71. The first-order chi connectivity index (χ1) is 7.79. The molecule has 2 rings (SSSR count). The van der Waals surface area contributed by atoms with Gasteiger partial charge in [0.2, 0.25) is 0 Å². The van der Waals surface area contributed by atoms with Gasteiger partial charge in [-0.3, -0.25) is 0 Å². The highest BCUT2D eigenvalue weighted by Crippen LogP contribution is 2.11. The van der Waals surface area contributed by atoms with E-state index in [4.69, 9.17) is 5.11 Å². The van der Waals surface area contributed by atoms with E-state index in [0.717, 1.165) is 5.69 Å². The minimum atomic E-state index is -0.579. The fraction of sp³-hybridized carbons (Fsp3) is 0.0909. The van der Waals surface area contributed by atoms with Crippen molar-refractivity contribution >= 4 is 6.08 Å². The van der Waals surface area contributed by atoms with Crippen molar-refractivity contribution in [3.05, 3.63) is 48.3 Å². The van der Waals surface area contributed by atoms with Crippen molar-refractivity contribution in [3.8, 4) is 5.69 Å². The number of hydrogen-bond donors (Lipinski definition) is 1. The highest BCUT2D eigenvalue weighted by Gasteiger charge is 1.97. The molecule has 0 unspecified atom stereocenters. The van der Waals surface area contributed by atoms with Gasteiger partial charge in [-0.05, 0) is 23.8 Å². The molecule has 16 heavy (non-hydrogen) atoms. The summed E-state index contributed by atoms with van der Waals surface area (Å²) in [5, 5.41) is 12.5. The van der Waals surface area contributed by atoms with Crippen molar-refractivity contribution in [1.29, 1.82) is 0 Å². The van der Waals surface area contributed by atoms with Crippen LogP contribution in [0.15, 0.2) is 42.7 Å². The number of aliphatic hydroxyl groups is 1. The largest absolute Gasteiger partial charge is 0.389 e. The van der Waals surface area contributed by atoms with E-state index < -0.39 is 12.4 Å². The average Bonchev–Trinajstić information content (AvgIpc) is 2.83. The predicted molar refractivity (Wildman–Crippen MR) is 57.5 cm³/mol. The fourth-order valence-electron chi connectivity index (χ4n) is 1.29. The molecule has 1 aromatic carbocycles. The summed E-state index contributed by atoms with van der Waals surface area (Å²) < 4.78 is 14.4. The van der Waals surface area contributed by atoms with Crippen LogP contribution in [0.4, 0.5) is 4.39 Å². The summed E-state index contributed by atoms with van der Waals surface area (Å²) in [7, 11) is 0. The molecule has 0 aliphatic carbocycles. The zero-order chi connectivity index (χ0) is 11.4. The average molecular weight is 219 g/mol. The first-order valence-corrected chi connectivity index (χ1v) is 4.71. The number of aliphatic hydroxyl groups excluding tert-OH is 1. The molecule has 0 atom stereocenters. The minimum Gasteiger partial charge on any atom is -0.389 e. The van der Waals surface area contributed by atoms with Crippen LogP contribution < -0.4 is 0 Å². The fourth-order valence-corrected chi connectivity index (χ4v) is 1.29. The Bertz CT molecular complexity index is 476. The standard InChI is InChI=1S/C11H10FN3O/c12-10(6-16)5-9-1-3-11(4-2-9)15-8-13-7-14-15/h1-5,7-8,16H,6H2/b10-5+. The van der Waals surface area contributed by atoms with Crippen LogP contribution in [0.5, 0.6) is 0 Å².